The minimum atomic E-state index is -0.265. The van der Waals surface area contributed by atoms with Crippen LogP contribution in [0.15, 0.2) is 45.5 Å². The molecule has 78 valence electrons. The summed E-state index contributed by atoms with van der Waals surface area (Å²) < 4.78 is 18.5. The molecule has 0 aliphatic carbocycles. The lowest BCUT2D eigenvalue weighted by Crippen LogP contribution is -1.98. The molecule has 4 heteroatoms. The minimum absolute atomic E-state index is 0.265. The third-order valence-electron chi connectivity index (χ3n) is 1.97. The van der Waals surface area contributed by atoms with Crippen molar-refractivity contribution < 1.29 is 8.81 Å². The van der Waals surface area contributed by atoms with Crippen LogP contribution in [0.1, 0.15) is 5.76 Å². The largest absolute Gasteiger partial charge is 0.467 e. The lowest BCUT2D eigenvalue weighted by atomic mass is 10.3. The van der Waals surface area contributed by atoms with E-state index in [0.29, 0.717) is 11.0 Å². The average Bonchev–Trinajstić information content (AvgIpc) is 2.73. The van der Waals surface area contributed by atoms with E-state index in [9.17, 15) is 4.39 Å². The average molecular weight is 270 g/mol. The van der Waals surface area contributed by atoms with Crippen LogP contribution in [0.4, 0.5) is 10.1 Å². The number of halogens is 2. The third kappa shape index (κ3) is 2.59. The number of hydrogen-bond acceptors (Lipinski definition) is 2. The second-order valence-corrected chi connectivity index (χ2v) is 3.92. The highest BCUT2D eigenvalue weighted by Gasteiger charge is 2.00. The van der Waals surface area contributed by atoms with Gasteiger partial charge in [0, 0.05) is 5.69 Å². The lowest BCUT2D eigenvalue weighted by Gasteiger charge is -2.04. The standard InChI is InChI=1S/C11H9BrFNO/c12-10-6-8(3-4-11(10)13)14-7-9-2-1-5-15-9/h1-6,14H,7H2. The molecule has 2 nitrogen and oxygen atoms in total. The van der Waals surface area contributed by atoms with Crippen LogP contribution in [0.5, 0.6) is 0 Å². The molecule has 1 N–H and O–H groups in total. The Morgan fingerprint density at radius 1 is 1.33 bits per heavy atom. The summed E-state index contributed by atoms with van der Waals surface area (Å²) in [5.41, 5.74) is 0.847. The predicted octanol–water partition coefficient (Wildman–Crippen LogP) is 3.79. The molecule has 0 aliphatic rings. The number of benzene rings is 1. The SMILES string of the molecule is Fc1ccc(NCc2ccco2)cc1Br. The molecule has 2 aromatic rings. The zero-order valence-corrected chi connectivity index (χ0v) is 9.42. The maximum Gasteiger partial charge on any atom is 0.137 e. The summed E-state index contributed by atoms with van der Waals surface area (Å²) in [4.78, 5) is 0. The third-order valence-corrected chi connectivity index (χ3v) is 2.57. The molecule has 1 aromatic heterocycles. The van der Waals surface area contributed by atoms with Crippen molar-refractivity contribution in [3.05, 3.63) is 52.6 Å². The normalized spacial score (nSPS) is 10.3. The highest BCUT2D eigenvalue weighted by atomic mass is 79.9. The van der Waals surface area contributed by atoms with Gasteiger partial charge < -0.3 is 9.73 Å². The van der Waals surface area contributed by atoms with Crippen LogP contribution < -0.4 is 5.32 Å². The van der Waals surface area contributed by atoms with Crippen molar-refractivity contribution in [1.82, 2.24) is 0 Å². The molecular formula is C11H9BrFNO. The highest BCUT2D eigenvalue weighted by Crippen LogP contribution is 2.20. The van der Waals surface area contributed by atoms with Gasteiger partial charge in [-0.2, -0.15) is 0 Å². The van der Waals surface area contributed by atoms with Crippen molar-refractivity contribution in [2.24, 2.45) is 0 Å². The van der Waals surface area contributed by atoms with Gasteiger partial charge >= 0.3 is 0 Å². The fourth-order valence-corrected chi connectivity index (χ4v) is 1.59. The van der Waals surface area contributed by atoms with E-state index in [1.165, 1.54) is 6.07 Å². The predicted molar refractivity (Wildman–Crippen MR) is 60.1 cm³/mol. The van der Waals surface area contributed by atoms with Crippen molar-refractivity contribution in [1.29, 1.82) is 0 Å². The van der Waals surface area contributed by atoms with Gasteiger partial charge in [0.25, 0.3) is 0 Å². The summed E-state index contributed by atoms with van der Waals surface area (Å²) in [5, 5.41) is 3.12. The van der Waals surface area contributed by atoms with E-state index in [2.05, 4.69) is 21.2 Å². The Labute approximate surface area is 95.2 Å². The van der Waals surface area contributed by atoms with E-state index in [1.807, 2.05) is 12.1 Å². The first-order valence-corrected chi connectivity index (χ1v) is 5.26. The van der Waals surface area contributed by atoms with E-state index < -0.39 is 0 Å². The van der Waals surface area contributed by atoms with Crippen molar-refractivity contribution in [3.63, 3.8) is 0 Å². The monoisotopic (exact) mass is 269 g/mol. The van der Waals surface area contributed by atoms with E-state index in [0.717, 1.165) is 11.4 Å². The first-order valence-electron chi connectivity index (χ1n) is 4.47. The van der Waals surface area contributed by atoms with Crippen molar-refractivity contribution >= 4 is 21.6 Å². The van der Waals surface area contributed by atoms with Gasteiger partial charge in [-0.1, -0.05) is 0 Å². The molecule has 1 heterocycles. The summed E-state index contributed by atoms with van der Waals surface area (Å²) in [6, 6.07) is 8.50. The van der Waals surface area contributed by atoms with Crippen LogP contribution in [-0.2, 0) is 6.54 Å². The van der Waals surface area contributed by atoms with Gasteiger partial charge in [-0.3, -0.25) is 0 Å². The molecule has 0 unspecified atom stereocenters. The van der Waals surface area contributed by atoms with Crippen LogP contribution in [0.2, 0.25) is 0 Å². The molecule has 15 heavy (non-hydrogen) atoms. The molecule has 0 radical (unpaired) electrons. The van der Waals surface area contributed by atoms with Crippen LogP contribution in [-0.4, -0.2) is 0 Å². The molecule has 0 fully saturated rings. The summed E-state index contributed by atoms with van der Waals surface area (Å²) in [6.45, 7) is 0.588. The second-order valence-electron chi connectivity index (χ2n) is 3.06. The Bertz CT molecular complexity index is 442. The van der Waals surface area contributed by atoms with Crippen LogP contribution in [0, 0.1) is 5.82 Å². The molecule has 0 saturated heterocycles. The topological polar surface area (TPSA) is 25.2 Å². The quantitative estimate of drug-likeness (QED) is 0.917. The first kappa shape index (κ1) is 10.2. The Kier molecular flexibility index (Phi) is 3.06. The zero-order chi connectivity index (χ0) is 10.7. The lowest BCUT2D eigenvalue weighted by molar-refractivity contribution is 0.518. The number of rotatable bonds is 3. The Morgan fingerprint density at radius 3 is 2.87 bits per heavy atom. The minimum Gasteiger partial charge on any atom is -0.467 e. The fourth-order valence-electron chi connectivity index (χ4n) is 1.21. The number of anilines is 1. The van der Waals surface area contributed by atoms with Gasteiger partial charge in [-0.05, 0) is 46.3 Å². The summed E-state index contributed by atoms with van der Waals surface area (Å²) in [7, 11) is 0. The molecule has 0 saturated carbocycles. The second kappa shape index (κ2) is 4.49. The highest BCUT2D eigenvalue weighted by molar-refractivity contribution is 9.10. The van der Waals surface area contributed by atoms with Crippen LogP contribution in [0.25, 0.3) is 0 Å². The maximum atomic E-state index is 12.9. The van der Waals surface area contributed by atoms with Crippen molar-refractivity contribution in [3.8, 4) is 0 Å². The smallest absolute Gasteiger partial charge is 0.137 e. The fraction of sp³-hybridized carbons (Fsp3) is 0.0909. The molecule has 0 aliphatic heterocycles. The summed E-state index contributed by atoms with van der Waals surface area (Å²) >= 11 is 3.13. The molecular weight excluding hydrogens is 261 g/mol. The summed E-state index contributed by atoms with van der Waals surface area (Å²) in [5.74, 6) is 0.578. The number of nitrogens with one attached hydrogen (secondary N) is 1. The number of hydrogen-bond donors (Lipinski definition) is 1. The summed E-state index contributed by atoms with van der Waals surface area (Å²) in [6.07, 6.45) is 1.62. The van der Waals surface area contributed by atoms with Crippen LogP contribution in [0.3, 0.4) is 0 Å². The van der Waals surface area contributed by atoms with Crippen LogP contribution >= 0.6 is 15.9 Å². The van der Waals surface area contributed by atoms with E-state index in [1.54, 1.807) is 18.4 Å². The van der Waals surface area contributed by atoms with Gasteiger partial charge in [-0.25, -0.2) is 4.39 Å². The van der Waals surface area contributed by atoms with Crippen molar-refractivity contribution in [2.45, 2.75) is 6.54 Å². The maximum absolute atomic E-state index is 12.9. The van der Waals surface area contributed by atoms with E-state index in [-0.39, 0.29) is 5.82 Å². The molecule has 0 amide bonds. The van der Waals surface area contributed by atoms with Gasteiger partial charge in [0.05, 0.1) is 17.3 Å². The Hall–Kier alpha value is -1.29. The zero-order valence-electron chi connectivity index (χ0n) is 7.84. The van der Waals surface area contributed by atoms with Gasteiger partial charge in [-0.15, -0.1) is 0 Å². The van der Waals surface area contributed by atoms with Gasteiger partial charge in [0.1, 0.15) is 11.6 Å². The van der Waals surface area contributed by atoms with Gasteiger partial charge in [0.2, 0.25) is 0 Å². The van der Waals surface area contributed by atoms with E-state index >= 15 is 0 Å². The van der Waals surface area contributed by atoms with Gasteiger partial charge in [0.15, 0.2) is 0 Å². The molecule has 0 spiro atoms. The first-order chi connectivity index (χ1) is 7.25. The Morgan fingerprint density at radius 2 is 2.20 bits per heavy atom. The number of furan rings is 1. The Balaban J connectivity index is 2.02. The molecule has 0 bridgehead atoms. The molecule has 1 aromatic carbocycles. The molecule has 0 atom stereocenters. The molecule has 2 rings (SSSR count). The van der Waals surface area contributed by atoms with E-state index in [4.69, 9.17) is 4.42 Å². The van der Waals surface area contributed by atoms with Crippen molar-refractivity contribution in [2.75, 3.05) is 5.32 Å².